The Morgan fingerprint density at radius 3 is 2.87 bits per heavy atom. The lowest BCUT2D eigenvalue weighted by Gasteiger charge is -2.14. The third-order valence-electron chi connectivity index (χ3n) is 3.68. The van der Waals surface area contributed by atoms with Gasteiger partial charge in [0.05, 0.1) is 28.8 Å². The van der Waals surface area contributed by atoms with E-state index in [9.17, 15) is 4.79 Å². The highest BCUT2D eigenvalue weighted by molar-refractivity contribution is 6.31. The van der Waals surface area contributed by atoms with Crippen molar-refractivity contribution in [3.8, 4) is 0 Å². The predicted molar refractivity (Wildman–Crippen MR) is 90.5 cm³/mol. The van der Waals surface area contributed by atoms with Crippen LogP contribution in [0.4, 0.5) is 0 Å². The topological polar surface area (TPSA) is 64.7 Å². The summed E-state index contributed by atoms with van der Waals surface area (Å²) < 4.78 is 3.17. The van der Waals surface area contributed by atoms with Crippen LogP contribution < -0.4 is 10.9 Å². The van der Waals surface area contributed by atoms with E-state index in [1.807, 2.05) is 38.2 Å². The molecule has 0 spiro atoms. The quantitative estimate of drug-likeness (QED) is 0.776. The molecule has 23 heavy (non-hydrogen) atoms. The molecule has 0 bridgehead atoms. The highest BCUT2D eigenvalue weighted by Gasteiger charge is 2.10. The van der Waals surface area contributed by atoms with Crippen LogP contribution in [0.2, 0.25) is 5.02 Å². The molecular weight excluding hydrogens is 314 g/mol. The van der Waals surface area contributed by atoms with Gasteiger partial charge in [0.25, 0.3) is 5.56 Å². The SMILES string of the molecule is CC(Cn1ncc2ccccc2c1=O)NCc1nn(C)cc1Cl. The molecule has 3 aromatic rings. The number of fused-ring (bicyclic) bond motifs is 1. The molecule has 0 amide bonds. The molecule has 2 heterocycles. The van der Waals surface area contributed by atoms with E-state index in [1.165, 1.54) is 4.68 Å². The molecule has 1 unspecified atom stereocenters. The van der Waals surface area contributed by atoms with E-state index in [-0.39, 0.29) is 11.6 Å². The second-order valence-corrected chi connectivity index (χ2v) is 6.01. The molecule has 0 saturated heterocycles. The number of aromatic nitrogens is 4. The zero-order valence-electron chi connectivity index (χ0n) is 13.0. The first-order valence-electron chi connectivity index (χ1n) is 7.41. The number of hydrogen-bond donors (Lipinski definition) is 1. The van der Waals surface area contributed by atoms with Gasteiger partial charge in [0.15, 0.2) is 0 Å². The number of nitrogens with zero attached hydrogens (tertiary/aromatic N) is 4. The molecule has 1 atom stereocenters. The lowest BCUT2D eigenvalue weighted by molar-refractivity contribution is 0.436. The smallest absolute Gasteiger partial charge is 0.274 e. The van der Waals surface area contributed by atoms with Crippen LogP contribution in [-0.4, -0.2) is 25.6 Å². The van der Waals surface area contributed by atoms with E-state index in [0.29, 0.717) is 23.5 Å². The van der Waals surface area contributed by atoms with Crippen molar-refractivity contribution in [2.24, 2.45) is 7.05 Å². The van der Waals surface area contributed by atoms with Crippen LogP contribution in [-0.2, 0) is 20.1 Å². The molecule has 2 aromatic heterocycles. The van der Waals surface area contributed by atoms with Gasteiger partial charge in [-0.1, -0.05) is 29.8 Å². The second kappa shape index (κ2) is 6.52. The largest absolute Gasteiger partial charge is 0.307 e. The van der Waals surface area contributed by atoms with E-state index in [2.05, 4.69) is 15.5 Å². The van der Waals surface area contributed by atoms with Gasteiger partial charge in [-0.2, -0.15) is 10.2 Å². The molecule has 120 valence electrons. The monoisotopic (exact) mass is 331 g/mol. The van der Waals surface area contributed by atoms with Crippen LogP contribution in [0.15, 0.2) is 41.5 Å². The van der Waals surface area contributed by atoms with Gasteiger partial charge in [0, 0.05) is 31.2 Å². The van der Waals surface area contributed by atoms with Crippen molar-refractivity contribution in [2.45, 2.75) is 26.1 Å². The highest BCUT2D eigenvalue weighted by Crippen LogP contribution is 2.12. The van der Waals surface area contributed by atoms with Crippen LogP contribution >= 0.6 is 11.6 Å². The van der Waals surface area contributed by atoms with Gasteiger partial charge in [0.1, 0.15) is 0 Å². The third-order valence-corrected chi connectivity index (χ3v) is 4.00. The summed E-state index contributed by atoms with van der Waals surface area (Å²) in [5, 5.41) is 14.0. The first-order valence-corrected chi connectivity index (χ1v) is 7.78. The Kier molecular flexibility index (Phi) is 4.45. The van der Waals surface area contributed by atoms with E-state index < -0.39 is 0 Å². The molecule has 0 aliphatic carbocycles. The number of nitrogens with one attached hydrogen (secondary N) is 1. The number of halogens is 1. The van der Waals surface area contributed by atoms with Gasteiger partial charge in [-0.3, -0.25) is 9.48 Å². The summed E-state index contributed by atoms with van der Waals surface area (Å²) in [5.74, 6) is 0. The van der Waals surface area contributed by atoms with Gasteiger partial charge in [-0.15, -0.1) is 0 Å². The molecule has 7 heteroatoms. The number of rotatable bonds is 5. The molecule has 1 N–H and O–H groups in total. The van der Waals surface area contributed by atoms with E-state index in [4.69, 9.17) is 11.6 Å². The van der Waals surface area contributed by atoms with Crippen molar-refractivity contribution in [2.75, 3.05) is 0 Å². The summed E-state index contributed by atoms with van der Waals surface area (Å²) in [5.41, 5.74) is 0.715. The van der Waals surface area contributed by atoms with E-state index in [0.717, 1.165) is 11.1 Å². The Morgan fingerprint density at radius 2 is 2.13 bits per heavy atom. The first kappa shape index (κ1) is 15.7. The van der Waals surface area contributed by atoms with Gasteiger partial charge >= 0.3 is 0 Å². The maximum atomic E-state index is 12.4. The summed E-state index contributed by atoms with van der Waals surface area (Å²) in [6, 6.07) is 7.52. The van der Waals surface area contributed by atoms with E-state index >= 15 is 0 Å². The Labute approximate surface area is 138 Å². The molecule has 6 nitrogen and oxygen atoms in total. The Morgan fingerprint density at radius 1 is 1.35 bits per heavy atom. The van der Waals surface area contributed by atoms with Crippen LogP contribution in [0.5, 0.6) is 0 Å². The van der Waals surface area contributed by atoms with Gasteiger partial charge in [0.2, 0.25) is 0 Å². The van der Waals surface area contributed by atoms with Crippen LogP contribution in [0.3, 0.4) is 0 Å². The van der Waals surface area contributed by atoms with Crippen molar-refractivity contribution in [1.82, 2.24) is 24.9 Å². The molecule has 1 aromatic carbocycles. The van der Waals surface area contributed by atoms with Gasteiger partial charge in [-0.05, 0) is 13.0 Å². The number of benzene rings is 1. The molecule has 0 fully saturated rings. The van der Waals surface area contributed by atoms with Crippen molar-refractivity contribution in [1.29, 1.82) is 0 Å². The van der Waals surface area contributed by atoms with Crippen molar-refractivity contribution in [3.05, 3.63) is 57.7 Å². The lowest BCUT2D eigenvalue weighted by Crippen LogP contribution is -2.35. The third kappa shape index (κ3) is 3.43. The second-order valence-electron chi connectivity index (χ2n) is 5.60. The zero-order valence-corrected chi connectivity index (χ0v) is 13.8. The lowest BCUT2D eigenvalue weighted by atomic mass is 10.2. The fourth-order valence-corrected chi connectivity index (χ4v) is 2.72. The minimum atomic E-state index is -0.0763. The van der Waals surface area contributed by atoms with Gasteiger partial charge < -0.3 is 5.32 Å². The average molecular weight is 332 g/mol. The molecule has 3 rings (SSSR count). The predicted octanol–water partition coefficient (Wildman–Crippen LogP) is 1.96. The maximum absolute atomic E-state index is 12.4. The molecule has 0 saturated carbocycles. The number of aryl methyl sites for hydroxylation is 1. The number of hydrogen-bond acceptors (Lipinski definition) is 4. The summed E-state index contributed by atoms with van der Waals surface area (Å²) in [4.78, 5) is 12.4. The first-order chi connectivity index (χ1) is 11.0. The molecule has 0 radical (unpaired) electrons. The summed E-state index contributed by atoms with van der Waals surface area (Å²) in [6.07, 6.45) is 3.48. The Balaban J connectivity index is 1.70. The van der Waals surface area contributed by atoms with Crippen LogP contribution in [0.1, 0.15) is 12.6 Å². The van der Waals surface area contributed by atoms with Gasteiger partial charge in [-0.25, -0.2) is 4.68 Å². The Bertz CT molecular complexity index is 886. The van der Waals surface area contributed by atoms with Crippen molar-refractivity contribution < 1.29 is 0 Å². The van der Waals surface area contributed by atoms with Crippen LogP contribution in [0, 0.1) is 0 Å². The van der Waals surface area contributed by atoms with Crippen molar-refractivity contribution in [3.63, 3.8) is 0 Å². The summed E-state index contributed by atoms with van der Waals surface area (Å²) in [7, 11) is 1.83. The summed E-state index contributed by atoms with van der Waals surface area (Å²) in [6.45, 7) is 3.03. The fraction of sp³-hybridized carbons (Fsp3) is 0.312. The van der Waals surface area contributed by atoms with E-state index in [1.54, 1.807) is 17.1 Å². The Hall–Kier alpha value is -2.18. The molecule has 0 aliphatic rings. The minimum absolute atomic E-state index is 0.0550. The standard InChI is InChI=1S/C16H18ClN5O/c1-11(18-8-15-14(17)10-21(2)20-15)9-22-16(23)13-6-4-3-5-12(13)7-19-22/h3-7,10-11,18H,8-9H2,1-2H3. The van der Waals surface area contributed by atoms with Crippen molar-refractivity contribution >= 4 is 22.4 Å². The maximum Gasteiger partial charge on any atom is 0.274 e. The van der Waals surface area contributed by atoms with Crippen LogP contribution in [0.25, 0.3) is 10.8 Å². The minimum Gasteiger partial charge on any atom is -0.307 e. The summed E-state index contributed by atoms with van der Waals surface area (Å²) >= 11 is 6.09. The highest BCUT2D eigenvalue weighted by atomic mass is 35.5. The fourth-order valence-electron chi connectivity index (χ4n) is 2.48. The average Bonchev–Trinajstić information content (AvgIpc) is 2.86. The normalized spacial score (nSPS) is 12.7. The zero-order chi connectivity index (χ0) is 16.4. The molecular formula is C16H18ClN5O. The molecule has 0 aliphatic heterocycles.